The van der Waals surface area contributed by atoms with E-state index in [1.54, 1.807) is 19.2 Å². The van der Waals surface area contributed by atoms with Gasteiger partial charge in [0.05, 0.1) is 18.6 Å². The predicted molar refractivity (Wildman–Crippen MR) is 65.7 cm³/mol. The Morgan fingerprint density at radius 2 is 2.17 bits per heavy atom. The fraction of sp³-hybridized carbons (Fsp3) is 0.462. The van der Waals surface area contributed by atoms with Crippen LogP contribution < -0.4 is 10.6 Å². The minimum atomic E-state index is -0.293. The Hall–Kier alpha value is -1.46. The van der Waals surface area contributed by atoms with Crippen LogP contribution in [0.4, 0.5) is 4.39 Å². The second-order valence-corrected chi connectivity index (χ2v) is 4.41. The lowest BCUT2D eigenvalue weighted by Crippen LogP contribution is -2.44. The fourth-order valence-corrected chi connectivity index (χ4v) is 2.09. The van der Waals surface area contributed by atoms with Gasteiger partial charge < -0.3 is 15.4 Å². The van der Waals surface area contributed by atoms with Crippen molar-refractivity contribution >= 4 is 5.91 Å². The van der Waals surface area contributed by atoms with E-state index in [2.05, 4.69) is 10.6 Å². The maximum Gasteiger partial charge on any atom is 0.224 e. The van der Waals surface area contributed by atoms with Crippen molar-refractivity contribution in [3.05, 3.63) is 35.6 Å². The highest BCUT2D eigenvalue weighted by molar-refractivity contribution is 5.79. The molecule has 1 heterocycles. The van der Waals surface area contributed by atoms with Crippen LogP contribution in [0, 0.1) is 5.82 Å². The van der Waals surface area contributed by atoms with Gasteiger partial charge in [0.2, 0.25) is 5.91 Å². The monoisotopic (exact) mass is 252 g/mol. The summed E-state index contributed by atoms with van der Waals surface area (Å²) in [5, 5.41) is 6.08. The maximum absolute atomic E-state index is 12.7. The van der Waals surface area contributed by atoms with Gasteiger partial charge in [0, 0.05) is 20.2 Å². The van der Waals surface area contributed by atoms with E-state index in [-0.39, 0.29) is 30.3 Å². The highest BCUT2D eigenvalue weighted by Crippen LogP contribution is 2.06. The lowest BCUT2D eigenvalue weighted by Gasteiger charge is -2.18. The number of methoxy groups -OCH3 is 1. The number of carbonyl (C=O) groups excluding carboxylic acids is 1. The third kappa shape index (κ3) is 3.27. The SMILES string of the molecule is CO[C@H]1CNCC1NC(=O)Cc1ccc(F)cc1. The molecular weight excluding hydrogens is 235 g/mol. The number of amides is 1. The molecule has 98 valence electrons. The van der Waals surface area contributed by atoms with Crippen molar-refractivity contribution in [3.63, 3.8) is 0 Å². The van der Waals surface area contributed by atoms with Gasteiger partial charge in [-0.1, -0.05) is 12.1 Å². The van der Waals surface area contributed by atoms with Gasteiger partial charge in [0.1, 0.15) is 5.82 Å². The summed E-state index contributed by atoms with van der Waals surface area (Å²) in [7, 11) is 1.64. The molecule has 0 aliphatic carbocycles. The highest BCUT2D eigenvalue weighted by atomic mass is 19.1. The van der Waals surface area contributed by atoms with E-state index in [0.717, 1.165) is 12.1 Å². The molecule has 1 aliphatic rings. The molecule has 18 heavy (non-hydrogen) atoms. The average Bonchev–Trinajstić information content (AvgIpc) is 2.79. The summed E-state index contributed by atoms with van der Waals surface area (Å²) in [5.41, 5.74) is 0.800. The lowest BCUT2D eigenvalue weighted by atomic mass is 10.1. The van der Waals surface area contributed by atoms with Gasteiger partial charge >= 0.3 is 0 Å². The first-order valence-electron chi connectivity index (χ1n) is 5.96. The normalized spacial score (nSPS) is 23.0. The van der Waals surface area contributed by atoms with Crippen LogP contribution in [-0.2, 0) is 16.0 Å². The van der Waals surface area contributed by atoms with Crippen LogP contribution in [0.15, 0.2) is 24.3 Å². The second kappa shape index (κ2) is 5.93. The first-order chi connectivity index (χ1) is 8.69. The number of hydrogen-bond acceptors (Lipinski definition) is 3. The summed E-state index contributed by atoms with van der Waals surface area (Å²) >= 11 is 0. The van der Waals surface area contributed by atoms with Crippen LogP contribution in [0.2, 0.25) is 0 Å². The molecule has 2 rings (SSSR count). The number of hydrogen-bond donors (Lipinski definition) is 2. The zero-order valence-electron chi connectivity index (χ0n) is 10.3. The number of benzene rings is 1. The van der Waals surface area contributed by atoms with Gasteiger partial charge in [-0.15, -0.1) is 0 Å². The average molecular weight is 252 g/mol. The minimum absolute atomic E-state index is 0.00273. The summed E-state index contributed by atoms with van der Waals surface area (Å²) in [6.45, 7) is 1.46. The van der Waals surface area contributed by atoms with Crippen molar-refractivity contribution in [2.75, 3.05) is 20.2 Å². The molecule has 2 atom stereocenters. The van der Waals surface area contributed by atoms with E-state index in [1.165, 1.54) is 12.1 Å². The number of halogens is 1. The van der Waals surface area contributed by atoms with Crippen LogP contribution in [0.25, 0.3) is 0 Å². The molecule has 0 radical (unpaired) electrons. The number of carbonyl (C=O) groups is 1. The van der Waals surface area contributed by atoms with E-state index in [9.17, 15) is 9.18 Å². The highest BCUT2D eigenvalue weighted by Gasteiger charge is 2.27. The Morgan fingerprint density at radius 1 is 1.44 bits per heavy atom. The topological polar surface area (TPSA) is 50.4 Å². The summed E-state index contributed by atoms with van der Waals surface area (Å²) < 4.78 is 18.0. The molecule has 0 saturated carbocycles. The maximum atomic E-state index is 12.7. The molecule has 0 bridgehead atoms. The number of rotatable bonds is 4. The Morgan fingerprint density at radius 3 is 2.83 bits per heavy atom. The summed E-state index contributed by atoms with van der Waals surface area (Å²) in [5.74, 6) is -0.365. The zero-order chi connectivity index (χ0) is 13.0. The predicted octanol–water partition coefficient (Wildman–Crippen LogP) is 0.471. The standard InChI is InChI=1S/C13H17FN2O2/c1-18-12-8-15-7-11(12)16-13(17)6-9-2-4-10(14)5-3-9/h2-5,11-12,15H,6-8H2,1H3,(H,16,17)/t11?,12-/m0/s1. The molecule has 5 heteroatoms. The molecule has 1 fully saturated rings. The van der Waals surface area contributed by atoms with Crippen molar-refractivity contribution in [2.24, 2.45) is 0 Å². The third-order valence-electron chi connectivity index (χ3n) is 3.09. The molecule has 0 aromatic heterocycles. The largest absolute Gasteiger partial charge is 0.378 e. The van der Waals surface area contributed by atoms with E-state index >= 15 is 0 Å². The van der Waals surface area contributed by atoms with Gasteiger partial charge in [-0.05, 0) is 17.7 Å². The van der Waals surface area contributed by atoms with Crippen molar-refractivity contribution < 1.29 is 13.9 Å². The van der Waals surface area contributed by atoms with Gasteiger partial charge in [0.25, 0.3) is 0 Å². The Bertz CT molecular complexity index is 408. The second-order valence-electron chi connectivity index (χ2n) is 4.41. The van der Waals surface area contributed by atoms with Crippen LogP contribution in [0.1, 0.15) is 5.56 Å². The zero-order valence-corrected chi connectivity index (χ0v) is 10.3. The third-order valence-corrected chi connectivity index (χ3v) is 3.09. The smallest absolute Gasteiger partial charge is 0.224 e. The molecule has 1 saturated heterocycles. The number of nitrogens with one attached hydrogen (secondary N) is 2. The van der Waals surface area contributed by atoms with Crippen molar-refractivity contribution in [2.45, 2.75) is 18.6 Å². The molecule has 1 amide bonds. The summed E-state index contributed by atoms with van der Waals surface area (Å²) in [6.07, 6.45) is 0.273. The van der Waals surface area contributed by atoms with E-state index in [0.29, 0.717) is 6.54 Å². The van der Waals surface area contributed by atoms with Crippen LogP contribution >= 0.6 is 0 Å². The van der Waals surface area contributed by atoms with Crippen molar-refractivity contribution in [1.82, 2.24) is 10.6 Å². The quantitative estimate of drug-likeness (QED) is 0.819. The van der Waals surface area contributed by atoms with Gasteiger partial charge in [0.15, 0.2) is 0 Å². The van der Waals surface area contributed by atoms with Gasteiger partial charge in [-0.2, -0.15) is 0 Å². The number of ether oxygens (including phenoxy) is 1. The van der Waals surface area contributed by atoms with Crippen molar-refractivity contribution in [1.29, 1.82) is 0 Å². The fourth-order valence-electron chi connectivity index (χ4n) is 2.09. The van der Waals surface area contributed by atoms with Gasteiger partial charge in [-0.3, -0.25) is 4.79 Å². The Kier molecular flexibility index (Phi) is 4.28. The van der Waals surface area contributed by atoms with Crippen LogP contribution in [-0.4, -0.2) is 38.3 Å². The molecule has 2 N–H and O–H groups in total. The Balaban J connectivity index is 1.86. The molecule has 1 unspecified atom stereocenters. The van der Waals surface area contributed by atoms with Gasteiger partial charge in [-0.25, -0.2) is 4.39 Å². The van der Waals surface area contributed by atoms with Crippen LogP contribution in [0.5, 0.6) is 0 Å². The molecule has 4 nitrogen and oxygen atoms in total. The molecule has 1 aromatic rings. The van der Waals surface area contributed by atoms with Crippen LogP contribution in [0.3, 0.4) is 0 Å². The van der Waals surface area contributed by atoms with E-state index < -0.39 is 0 Å². The van der Waals surface area contributed by atoms with E-state index in [1.807, 2.05) is 0 Å². The molecule has 1 aliphatic heterocycles. The summed E-state index contributed by atoms with van der Waals surface area (Å²) in [6, 6.07) is 5.96. The Labute approximate surface area is 106 Å². The van der Waals surface area contributed by atoms with E-state index in [4.69, 9.17) is 4.74 Å². The van der Waals surface area contributed by atoms with Crippen molar-refractivity contribution in [3.8, 4) is 0 Å². The minimum Gasteiger partial charge on any atom is -0.378 e. The molecule has 0 spiro atoms. The first-order valence-corrected chi connectivity index (χ1v) is 5.96. The molecular formula is C13H17FN2O2. The summed E-state index contributed by atoms with van der Waals surface area (Å²) in [4.78, 5) is 11.8. The lowest BCUT2D eigenvalue weighted by molar-refractivity contribution is -0.121. The molecule has 1 aromatic carbocycles. The first kappa shape index (κ1) is 13.0.